The molecule has 0 amide bonds. The van der Waals surface area contributed by atoms with Crippen LogP contribution < -0.4 is 5.73 Å². The first kappa shape index (κ1) is 14.1. The molecule has 0 aromatic heterocycles. The molecule has 0 heterocycles. The van der Waals surface area contributed by atoms with Gasteiger partial charge in [-0.2, -0.15) is 0 Å². The van der Waals surface area contributed by atoms with Gasteiger partial charge in [0.05, 0.1) is 12.1 Å². The van der Waals surface area contributed by atoms with Gasteiger partial charge in [-0.3, -0.25) is 0 Å². The Balaban J connectivity index is 0.000000921. The summed E-state index contributed by atoms with van der Waals surface area (Å²) >= 11 is 0. The largest absolute Gasteiger partial charge is 0.387 e. The Hall–Kier alpha value is -0.930. The number of aliphatic hydroxyl groups is 1. The number of alkyl halides is 1. The van der Waals surface area contributed by atoms with Gasteiger partial charge in [-0.05, 0) is 12.5 Å². The molecule has 0 radical (unpaired) electrons. The molecule has 3 N–H and O–H groups in total. The van der Waals surface area contributed by atoms with Crippen molar-refractivity contribution in [1.82, 2.24) is 0 Å². The van der Waals surface area contributed by atoms with Crippen LogP contribution in [0.4, 0.5) is 4.39 Å². The molecule has 0 saturated carbocycles. The quantitative estimate of drug-likeness (QED) is 0.809. The molecular weight excluding hydrogens is 193 g/mol. The molecular formula is C12H20FNO. The molecule has 1 aromatic carbocycles. The van der Waals surface area contributed by atoms with E-state index in [0.29, 0.717) is 5.56 Å². The van der Waals surface area contributed by atoms with Crippen LogP contribution in [0.3, 0.4) is 0 Å². The summed E-state index contributed by atoms with van der Waals surface area (Å²) in [6.45, 7) is 5.24. The van der Waals surface area contributed by atoms with E-state index in [1.54, 1.807) is 12.1 Å². The van der Waals surface area contributed by atoms with Crippen LogP contribution in [0, 0.1) is 6.92 Å². The second-order valence-corrected chi connectivity index (χ2v) is 3.17. The van der Waals surface area contributed by atoms with E-state index in [0.717, 1.165) is 5.56 Å². The van der Waals surface area contributed by atoms with Gasteiger partial charge in [0.25, 0.3) is 0 Å². The molecule has 0 spiro atoms. The number of hydrogen-bond acceptors (Lipinski definition) is 2. The summed E-state index contributed by atoms with van der Waals surface area (Å²) in [5.74, 6) is 0. The predicted molar refractivity (Wildman–Crippen MR) is 61.4 cm³/mol. The van der Waals surface area contributed by atoms with Crippen LogP contribution in [0.5, 0.6) is 0 Å². The Bertz CT molecular complexity index is 261. The van der Waals surface area contributed by atoms with Crippen molar-refractivity contribution in [2.75, 3.05) is 6.67 Å². The minimum Gasteiger partial charge on any atom is -0.387 e. The molecule has 86 valence electrons. The number of aliphatic hydroxyl groups excluding tert-OH is 1. The van der Waals surface area contributed by atoms with Crippen LogP contribution in [0.15, 0.2) is 24.3 Å². The van der Waals surface area contributed by atoms with E-state index in [1.165, 1.54) is 0 Å². The Morgan fingerprint density at radius 3 is 2.13 bits per heavy atom. The number of hydrogen-bond donors (Lipinski definition) is 2. The minimum absolute atomic E-state index is 0.663. The van der Waals surface area contributed by atoms with Crippen molar-refractivity contribution in [3.8, 4) is 0 Å². The van der Waals surface area contributed by atoms with E-state index >= 15 is 0 Å². The first-order chi connectivity index (χ1) is 7.15. The van der Waals surface area contributed by atoms with Gasteiger partial charge >= 0.3 is 0 Å². The zero-order valence-corrected chi connectivity index (χ0v) is 9.57. The Morgan fingerprint density at radius 1 is 1.27 bits per heavy atom. The molecule has 0 aliphatic carbocycles. The van der Waals surface area contributed by atoms with Crippen LogP contribution >= 0.6 is 0 Å². The zero-order chi connectivity index (χ0) is 11.8. The third kappa shape index (κ3) is 4.40. The summed E-state index contributed by atoms with van der Waals surface area (Å²) in [7, 11) is 0. The van der Waals surface area contributed by atoms with Crippen LogP contribution in [0.25, 0.3) is 0 Å². The highest BCUT2D eigenvalue weighted by atomic mass is 19.1. The zero-order valence-electron chi connectivity index (χ0n) is 9.57. The summed E-state index contributed by atoms with van der Waals surface area (Å²) in [6, 6.07) is 6.42. The Morgan fingerprint density at radius 2 is 1.73 bits per heavy atom. The molecule has 2 unspecified atom stereocenters. The van der Waals surface area contributed by atoms with Gasteiger partial charge < -0.3 is 10.8 Å². The van der Waals surface area contributed by atoms with Crippen molar-refractivity contribution < 1.29 is 9.50 Å². The van der Waals surface area contributed by atoms with Crippen molar-refractivity contribution in [2.45, 2.75) is 32.9 Å². The van der Waals surface area contributed by atoms with Crippen LogP contribution in [0.1, 0.15) is 31.1 Å². The highest BCUT2D eigenvalue weighted by molar-refractivity contribution is 5.23. The van der Waals surface area contributed by atoms with Gasteiger partial charge in [-0.25, -0.2) is 4.39 Å². The molecule has 0 bridgehead atoms. The number of halogens is 1. The minimum atomic E-state index is -0.911. The molecule has 3 heteroatoms. The highest BCUT2D eigenvalue weighted by Crippen LogP contribution is 2.16. The molecule has 1 rings (SSSR count). The van der Waals surface area contributed by atoms with Crippen LogP contribution in [-0.4, -0.2) is 17.8 Å². The first-order valence-electron chi connectivity index (χ1n) is 5.21. The van der Waals surface area contributed by atoms with Crippen molar-refractivity contribution in [3.05, 3.63) is 35.4 Å². The van der Waals surface area contributed by atoms with Crippen molar-refractivity contribution in [1.29, 1.82) is 0 Å². The van der Waals surface area contributed by atoms with E-state index < -0.39 is 18.8 Å². The normalized spacial score (nSPS) is 13.7. The maximum atomic E-state index is 12.1. The molecule has 0 aliphatic heterocycles. The lowest BCUT2D eigenvalue weighted by atomic mass is 10.0. The Labute approximate surface area is 90.9 Å². The molecule has 0 fully saturated rings. The summed E-state index contributed by atoms with van der Waals surface area (Å²) in [4.78, 5) is 0. The van der Waals surface area contributed by atoms with Gasteiger partial charge in [-0.1, -0.05) is 43.7 Å². The SMILES string of the molecule is CC.Cc1ccc(C(O)C(N)CF)cc1. The molecule has 0 saturated heterocycles. The van der Waals surface area contributed by atoms with E-state index in [2.05, 4.69) is 0 Å². The topological polar surface area (TPSA) is 46.2 Å². The Kier molecular flexibility index (Phi) is 6.92. The smallest absolute Gasteiger partial charge is 0.107 e. The second kappa shape index (κ2) is 7.37. The van der Waals surface area contributed by atoms with Gasteiger partial charge in [-0.15, -0.1) is 0 Å². The van der Waals surface area contributed by atoms with Crippen LogP contribution in [-0.2, 0) is 0 Å². The summed E-state index contributed by atoms with van der Waals surface area (Å²) in [5.41, 5.74) is 7.13. The summed E-state index contributed by atoms with van der Waals surface area (Å²) in [5, 5.41) is 9.51. The van der Waals surface area contributed by atoms with Crippen molar-refractivity contribution >= 4 is 0 Å². The van der Waals surface area contributed by atoms with E-state index in [4.69, 9.17) is 5.73 Å². The third-order valence-corrected chi connectivity index (χ3v) is 2.00. The predicted octanol–water partition coefficient (Wildman–Crippen LogP) is 2.35. The molecule has 2 nitrogen and oxygen atoms in total. The lowest BCUT2D eigenvalue weighted by molar-refractivity contribution is 0.132. The van der Waals surface area contributed by atoms with E-state index in [-0.39, 0.29) is 0 Å². The van der Waals surface area contributed by atoms with Gasteiger partial charge in [0, 0.05) is 0 Å². The summed E-state index contributed by atoms with van der Waals surface area (Å²) in [6.07, 6.45) is -0.911. The number of benzene rings is 1. The number of nitrogens with two attached hydrogens (primary N) is 1. The van der Waals surface area contributed by atoms with Gasteiger partial charge in [0.1, 0.15) is 6.67 Å². The average molecular weight is 213 g/mol. The van der Waals surface area contributed by atoms with Crippen molar-refractivity contribution in [3.63, 3.8) is 0 Å². The van der Waals surface area contributed by atoms with E-state index in [1.807, 2.05) is 32.9 Å². The fourth-order valence-electron chi connectivity index (χ4n) is 1.10. The highest BCUT2D eigenvalue weighted by Gasteiger charge is 2.15. The third-order valence-electron chi connectivity index (χ3n) is 2.00. The van der Waals surface area contributed by atoms with E-state index in [9.17, 15) is 9.50 Å². The molecule has 2 atom stereocenters. The number of aryl methyl sites for hydroxylation is 1. The second-order valence-electron chi connectivity index (χ2n) is 3.17. The average Bonchev–Trinajstić information content (AvgIpc) is 2.31. The molecule has 15 heavy (non-hydrogen) atoms. The number of rotatable bonds is 3. The fraction of sp³-hybridized carbons (Fsp3) is 0.500. The lowest BCUT2D eigenvalue weighted by Crippen LogP contribution is -2.30. The maximum absolute atomic E-state index is 12.1. The standard InChI is InChI=1S/C10H14FNO.C2H6/c1-7-2-4-8(5-3-7)10(13)9(12)6-11;1-2/h2-5,9-10,13H,6,12H2,1H3;1-2H3. The van der Waals surface area contributed by atoms with Crippen molar-refractivity contribution in [2.24, 2.45) is 5.73 Å². The maximum Gasteiger partial charge on any atom is 0.107 e. The lowest BCUT2D eigenvalue weighted by Gasteiger charge is -2.15. The van der Waals surface area contributed by atoms with Crippen LogP contribution in [0.2, 0.25) is 0 Å². The monoisotopic (exact) mass is 213 g/mol. The summed E-state index contributed by atoms with van der Waals surface area (Å²) < 4.78 is 12.1. The first-order valence-corrected chi connectivity index (χ1v) is 5.21. The fourth-order valence-corrected chi connectivity index (χ4v) is 1.10. The molecule has 0 aliphatic rings. The van der Waals surface area contributed by atoms with Gasteiger partial charge in [0.2, 0.25) is 0 Å². The van der Waals surface area contributed by atoms with Gasteiger partial charge in [0.15, 0.2) is 0 Å². The molecule has 1 aromatic rings.